The topological polar surface area (TPSA) is 91.0 Å². The standard InChI is InChI=1S/C35H56N2O4/c1-6-8-9-10-11-12-13-14-15-16-17-18-19-20-29-21-22-31(36)26(3)32(29)34-30(23-24-40-25-38)27(4)37-28(5)33(34)35(39)41-7-2/h21-22,25,30,34H,6-20,23-24,36H2,1-5H3. The molecule has 2 rings (SSSR count). The van der Waals surface area contributed by atoms with Crippen LogP contribution in [0.4, 0.5) is 5.69 Å². The van der Waals surface area contributed by atoms with Crippen LogP contribution in [0.1, 0.15) is 140 Å². The maximum Gasteiger partial charge on any atom is 0.336 e. The van der Waals surface area contributed by atoms with Crippen LogP contribution < -0.4 is 5.73 Å². The van der Waals surface area contributed by atoms with Crippen LogP contribution in [0.3, 0.4) is 0 Å². The summed E-state index contributed by atoms with van der Waals surface area (Å²) >= 11 is 0. The highest BCUT2D eigenvalue weighted by Crippen LogP contribution is 2.44. The lowest BCUT2D eigenvalue weighted by atomic mass is 9.71. The van der Waals surface area contributed by atoms with Gasteiger partial charge in [0.1, 0.15) is 0 Å². The van der Waals surface area contributed by atoms with Gasteiger partial charge in [-0.25, -0.2) is 4.79 Å². The van der Waals surface area contributed by atoms with Gasteiger partial charge in [0.2, 0.25) is 0 Å². The number of nitrogen functional groups attached to an aromatic ring is 1. The SMILES string of the molecule is CCCCCCCCCCCCCCCc1ccc(N)c(C)c1C1C(C(=O)OCC)=C(C)N=C(C)C1CCOC=O. The Kier molecular flexibility index (Phi) is 16.4. The minimum Gasteiger partial charge on any atom is -0.468 e. The second-order valence-corrected chi connectivity index (χ2v) is 11.7. The van der Waals surface area contributed by atoms with Crippen LogP contribution in [-0.2, 0) is 25.5 Å². The summed E-state index contributed by atoms with van der Waals surface area (Å²) in [5.74, 6) is -0.674. The molecule has 41 heavy (non-hydrogen) atoms. The quantitative estimate of drug-likeness (QED) is 0.0692. The average Bonchev–Trinajstić information content (AvgIpc) is 2.94. The first-order chi connectivity index (χ1) is 19.9. The van der Waals surface area contributed by atoms with E-state index in [-0.39, 0.29) is 24.4 Å². The highest BCUT2D eigenvalue weighted by molar-refractivity contribution is 5.97. The predicted molar refractivity (Wildman–Crippen MR) is 170 cm³/mol. The molecule has 0 spiro atoms. The predicted octanol–water partition coefficient (Wildman–Crippen LogP) is 8.79. The number of aliphatic imine (C=N–C) groups is 1. The van der Waals surface area contributed by atoms with Crippen molar-refractivity contribution >= 4 is 23.8 Å². The Balaban J connectivity index is 2.09. The molecule has 0 bridgehead atoms. The minimum atomic E-state index is -0.332. The molecule has 6 nitrogen and oxygen atoms in total. The van der Waals surface area contributed by atoms with Crippen molar-refractivity contribution in [3.8, 4) is 0 Å². The number of carbonyl (C=O) groups is 2. The lowest BCUT2D eigenvalue weighted by Gasteiger charge is -2.35. The zero-order chi connectivity index (χ0) is 30.0. The van der Waals surface area contributed by atoms with Crippen LogP contribution in [0.15, 0.2) is 28.4 Å². The van der Waals surface area contributed by atoms with Gasteiger partial charge in [-0.1, -0.05) is 90.0 Å². The second-order valence-electron chi connectivity index (χ2n) is 11.7. The van der Waals surface area contributed by atoms with E-state index in [2.05, 4.69) is 19.9 Å². The van der Waals surface area contributed by atoms with Gasteiger partial charge >= 0.3 is 5.97 Å². The van der Waals surface area contributed by atoms with Crippen molar-refractivity contribution in [2.75, 3.05) is 18.9 Å². The fourth-order valence-electron chi connectivity index (χ4n) is 6.31. The number of nitrogens with zero attached hydrogens (tertiary/aromatic N) is 1. The van der Waals surface area contributed by atoms with Crippen LogP contribution in [0.2, 0.25) is 0 Å². The van der Waals surface area contributed by atoms with Crippen LogP contribution in [0.25, 0.3) is 0 Å². The summed E-state index contributed by atoms with van der Waals surface area (Å²) in [5.41, 5.74) is 12.7. The number of rotatable bonds is 21. The number of ether oxygens (including phenoxy) is 2. The average molecular weight is 569 g/mol. The molecule has 2 atom stereocenters. The van der Waals surface area contributed by atoms with Gasteiger partial charge in [-0.15, -0.1) is 0 Å². The summed E-state index contributed by atoms with van der Waals surface area (Å²) < 4.78 is 10.6. The van der Waals surface area contributed by atoms with Crippen molar-refractivity contribution in [1.82, 2.24) is 0 Å². The lowest BCUT2D eigenvalue weighted by Crippen LogP contribution is -2.32. The molecule has 1 aromatic carbocycles. The lowest BCUT2D eigenvalue weighted by molar-refractivity contribution is -0.139. The molecule has 230 valence electrons. The van der Waals surface area contributed by atoms with Crippen molar-refractivity contribution in [3.05, 3.63) is 40.1 Å². The van der Waals surface area contributed by atoms with Crippen molar-refractivity contribution in [3.63, 3.8) is 0 Å². The van der Waals surface area contributed by atoms with Gasteiger partial charge in [-0.2, -0.15) is 0 Å². The number of unbranched alkanes of at least 4 members (excludes halogenated alkanes) is 12. The molecule has 6 heteroatoms. The Hall–Kier alpha value is -2.63. The summed E-state index contributed by atoms with van der Waals surface area (Å²) in [7, 11) is 0. The van der Waals surface area contributed by atoms with E-state index in [4.69, 9.17) is 20.2 Å². The number of nitrogens with two attached hydrogens (primary N) is 1. The molecule has 0 radical (unpaired) electrons. The van der Waals surface area contributed by atoms with Crippen molar-refractivity contribution in [2.24, 2.45) is 10.9 Å². The van der Waals surface area contributed by atoms with Crippen molar-refractivity contribution < 1.29 is 19.1 Å². The number of allylic oxidation sites excluding steroid dienone is 1. The Morgan fingerprint density at radius 1 is 0.902 bits per heavy atom. The van der Waals surface area contributed by atoms with Gasteiger partial charge in [0.15, 0.2) is 0 Å². The zero-order valence-corrected chi connectivity index (χ0v) is 26.6. The summed E-state index contributed by atoms with van der Waals surface area (Å²) in [5, 5.41) is 0. The molecule has 0 amide bonds. The molecule has 2 N–H and O–H groups in total. The highest BCUT2D eigenvalue weighted by atomic mass is 16.5. The van der Waals surface area contributed by atoms with Gasteiger partial charge in [0.05, 0.1) is 18.8 Å². The van der Waals surface area contributed by atoms with E-state index in [0.717, 1.165) is 35.4 Å². The minimum absolute atomic E-state index is 0.0936. The van der Waals surface area contributed by atoms with Crippen LogP contribution in [0.5, 0.6) is 0 Å². The summed E-state index contributed by atoms with van der Waals surface area (Å²) in [6.07, 6.45) is 18.7. The van der Waals surface area contributed by atoms with E-state index >= 15 is 0 Å². The number of benzene rings is 1. The molecule has 0 saturated carbocycles. The third-order valence-electron chi connectivity index (χ3n) is 8.60. The third kappa shape index (κ3) is 10.9. The van der Waals surface area contributed by atoms with Gasteiger partial charge < -0.3 is 15.2 Å². The van der Waals surface area contributed by atoms with Gasteiger partial charge in [0.25, 0.3) is 6.47 Å². The Bertz CT molecular complexity index is 1010. The first-order valence-corrected chi connectivity index (χ1v) is 16.2. The zero-order valence-electron chi connectivity index (χ0n) is 26.6. The van der Waals surface area contributed by atoms with E-state index < -0.39 is 0 Å². The van der Waals surface area contributed by atoms with E-state index in [1.54, 1.807) is 0 Å². The summed E-state index contributed by atoms with van der Waals surface area (Å²) in [6, 6.07) is 4.13. The fourth-order valence-corrected chi connectivity index (χ4v) is 6.31. The number of hydrogen-bond donors (Lipinski definition) is 1. The number of carbonyl (C=O) groups excluding carboxylic acids is 2. The van der Waals surface area contributed by atoms with Gasteiger partial charge in [0, 0.05) is 28.9 Å². The molecule has 0 fully saturated rings. The smallest absolute Gasteiger partial charge is 0.336 e. The monoisotopic (exact) mass is 568 g/mol. The van der Waals surface area contributed by atoms with Crippen LogP contribution in [-0.4, -0.2) is 31.4 Å². The molecule has 1 heterocycles. The maximum absolute atomic E-state index is 13.3. The van der Waals surface area contributed by atoms with Crippen molar-refractivity contribution in [1.29, 1.82) is 0 Å². The molecule has 0 aliphatic carbocycles. The number of esters is 1. The molecule has 1 aliphatic rings. The Labute approximate surface area is 249 Å². The first kappa shape index (κ1) is 34.6. The molecule has 0 saturated heterocycles. The van der Waals surface area contributed by atoms with Crippen LogP contribution >= 0.6 is 0 Å². The molecular formula is C35H56N2O4. The first-order valence-electron chi connectivity index (χ1n) is 16.2. The molecular weight excluding hydrogens is 512 g/mol. The fraction of sp³-hybridized carbons (Fsp3) is 0.686. The molecule has 1 aromatic rings. The molecule has 1 aliphatic heterocycles. The normalized spacial score (nSPS) is 17.0. The third-order valence-corrected chi connectivity index (χ3v) is 8.60. The summed E-state index contributed by atoms with van der Waals surface area (Å²) in [4.78, 5) is 28.9. The Morgan fingerprint density at radius 3 is 2.05 bits per heavy atom. The Morgan fingerprint density at radius 2 is 1.49 bits per heavy atom. The van der Waals surface area contributed by atoms with Crippen molar-refractivity contribution in [2.45, 2.75) is 137 Å². The molecule has 0 aromatic heterocycles. The number of hydrogen-bond acceptors (Lipinski definition) is 6. The van der Waals surface area contributed by atoms with Gasteiger partial charge in [-0.05, 0) is 69.7 Å². The van der Waals surface area contributed by atoms with E-state index in [1.165, 1.54) is 82.6 Å². The van der Waals surface area contributed by atoms with E-state index in [9.17, 15) is 9.59 Å². The van der Waals surface area contributed by atoms with E-state index in [1.807, 2.05) is 26.8 Å². The maximum atomic E-state index is 13.3. The molecule has 2 unspecified atom stereocenters. The van der Waals surface area contributed by atoms with Crippen LogP contribution in [0, 0.1) is 12.8 Å². The largest absolute Gasteiger partial charge is 0.468 e. The highest BCUT2D eigenvalue weighted by Gasteiger charge is 2.39. The number of aryl methyl sites for hydroxylation is 1. The summed E-state index contributed by atoms with van der Waals surface area (Å²) in [6.45, 7) is 11.1. The number of anilines is 1. The second kappa shape index (κ2) is 19.5. The van der Waals surface area contributed by atoms with E-state index in [0.29, 0.717) is 30.8 Å². The van der Waals surface area contributed by atoms with Gasteiger partial charge in [-0.3, -0.25) is 9.79 Å².